The van der Waals surface area contributed by atoms with Crippen LogP contribution in [0.3, 0.4) is 0 Å². The van der Waals surface area contributed by atoms with Crippen LogP contribution in [0.15, 0.2) is 0 Å². The molecule has 1 aliphatic heterocycles. The molecule has 0 saturated carbocycles. The van der Waals surface area contributed by atoms with Crippen LogP contribution < -0.4 is 15.1 Å². The highest BCUT2D eigenvalue weighted by Gasteiger charge is 2.21. The number of ether oxygens (including phenoxy) is 1. The lowest BCUT2D eigenvalue weighted by Gasteiger charge is -2.31. The van der Waals surface area contributed by atoms with E-state index in [9.17, 15) is 0 Å². The summed E-state index contributed by atoms with van der Waals surface area (Å²) in [6.45, 7) is 13.2. The van der Waals surface area contributed by atoms with Crippen molar-refractivity contribution >= 4 is 17.8 Å². The largest absolute Gasteiger partial charge is 0.375 e. The van der Waals surface area contributed by atoms with Gasteiger partial charge in [0, 0.05) is 32.7 Å². The van der Waals surface area contributed by atoms with Crippen molar-refractivity contribution in [1.29, 1.82) is 0 Å². The van der Waals surface area contributed by atoms with E-state index in [0.717, 1.165) is 44.6 Å². The maximum absolute atomic E-state index is 5.59. The number of nitrogens with one attached hydrogen (secondary N) is 1. The van der Waals surface area contributed by atoms with Crippen molar-refractivity contribution in [3.05, 3.63) is 0 Å². The Balaban J connectivity index is 2.30. The van der Waals surface area contributed by atoms with Gasteiger partial charge in [-0.1, -0.05) is 0 Å². The fraction of sp³-hybridized carbons (Fsp3) is 0.786. The van der Waals surface area contributed by atoms with E-state index in [1.807, 2.05) is 6.92 Å². The van der Waals surface area contributed by atoms with E-state index in [-0.39, 0.29) is 6.10 Å². The molecule has 1 fully saturated rings. The molecule has 118 valence electrons. The molecule has 1 aliphatic rings. The molecular weight excluding hydrogens is 268 g/mol. The molecule has 7 heteroatoms. The van der Waals surface area contributed by atoms with E-state index in [1.165, 1.54) is 0 Å². The summed E-state index contributed by atoms with van der Waals surface area (Å²) in [7, 11) is 0. The van der Waals surface area contributed by atoms with Crippen molar-refractivity contribution in [2.75, 3.05) is 54.4 Å². The van der Waals surface area contributed by atoms with Crippen LogP contribution >= 0.6 is 0 Å². The summed E-state index contributed by atoms with van der Waals surface area (Å²) in [5.41, 5.74) is 0. The van der Waals surface area contributed by atoms with Crippen molar-refractivity contribution in [3.63, 3.8) is 0 Å². The first kappa shape index (κ1) is 15.8. The van der Waals surface area contributed by atoms with E-state index in [0.29, 0.717) is 12.6 Å². The van der Waals surface area contributed by atoms with Crippen molar-refractivity contribution in [2.24, 2.45) is 0 Å². The Morgan fingerprint density at radius 3 is 2.62 bits per heavy atom. The average Bonchev–Trinajstić information content (AvgIpc) is 2.49. The summed E-state index contributed by atoms with van der Waals surface area (Å²) in [6.07, 6.45) is 0.204. The van der Waals surface area contributed by atoms with E-state index < -0.39 is 0 Å². The molecule has 7 nitrogen and oxygen atoms in total. The summed E-state index contributed by atoms with van der Waals surface area (Å²) in [6, 6.07) is 0. The first-order chi connectivity index (χ1) is 10.2. The van der Waals surface area contributed by atoms with Gasteiger partial charge in [-0.25, -0.2) is 0 Å². The van der Waals surface area contributed by atoms with Crippen LogP contribution in [0.25, 0.3) is 0 Å². The zero-order valence-corrected chi connectivity index (χ0v) is 13.5. The van der Waals surface area contributed by atoms with Gasteiger partial charge in [-0.15, -0.1) is 0 Å². The summed E-state index contributed by atoms with van der Waals surface area (Å²) in [5.74, 6) is 2.11. The normalized spacial score (nSPS) is 18.7. The van der Waals surface area contributed by atoms with E-state index in [1.54, 1.807) is 0 Å². The van der Waals surface area contributed by atoms with Gasteiger partial charge < -0.3 is 19.9 Å². The number of rotatable bonds is 6. The lowest BCUT2D eigenvalue weighted by Crippen LogP contribution is -2.42. The van der Waals surface area contributed by atoms with Crippen LogP contribution in [0, 0.1) is 0 Å². The second-order valence-corrected chi connectivity index (χ2v) is 5.09. The first-order valence-electron chi connectivity index (χ1n) is 7.79. The number of aromatic nitrogens is 3. The van der Waals surface area contributed by atoms with Crippen molar-refractivity contribution in [1.82, 2.24) is 15.0 Å². The minimum Gasteiger partial charge on any atom is -0.375 e. The smallest absolute Gasteiger partial charge is 0.232 e. The second kappa shape index (κ2) is 7.40. The van der Waals surface area contributed by atoms with E-state index >= 15 is 0 Å². The van der Waals surface area contributed by atoms with Crippen molar-refractivity contribution in [2.45, 2.75) is 33.8 Å². The number of nitrogens with zero attached hydrogens (tertiary/aromatic N) is 5. The summed E-state index contributed by atoms with van der Waals surface area (Å²) >= 11 is 0. The quantitative estimate of drug-likeness (QED) is 0.850. The summed E-state index contributed by atoms with van der Waals surface area (Å²) in [4.78, 5) is 18.0. The third kappa shape index (κ3) is 3.93. The Hall–Kier alpha value is -1.63. The zero-order chi connectivity index (χ0) is 15.2. The summed E-state index contributed by atoms with van der Waals surface area (Å²) < 4.78 is 5.59. The molecule has 0 spiro atoms. The minimum atomic E-state index is 0.204. The molecule has 0 radical (unpaired) electrons. The predicted molar refractivity (Wildman–Crippen MR) is 85.2 cm³/mol. The SMILES string of the molecule is CCNc1nc(N(CC)CC)nc(N2CCOC(C)C2)n1. The van der Waals surface area contributed by atoms with Gasteiger partial charge in [-0.3, -0.25) is 0 Å². The van der Waals surface area contributed by atoms with Crippen molar-refractivity contribution in [3.8, 4) is 0 Å². The lowest BCUT2D eigenvalue weighted by molar-refractivity contribution is 0.0526. The molecule has 0 bridgehead atoms. The van der Waals surface area contributed by atoms with Gasteiger partial charge in [0.25, 0.3) is 0 Å². The maximum Gasteiger partial charge on any atom is 0.232 e. The molecular formula is C14H26N6O. The Kier molecular flexibility index (Phi) is 5.55. The Bertz CT molecular complexity index is 451. The fourth-order valence-corrected chi connectivity index (χ4v) is 2.38. The highest BCUT2D eigenvalue weighted by atomic mass is 16.5. The Morgan fingerprint density at radius 2 is 2.00 bits per heavy atom. The lowest BCUT2D eigenvalue weighted by atomic mass is 10.3. The Labute approximate surface area is 126 Å². The molecule has 1 saturated heterocycles. The topological polar surface area (TPSA) is 66.4 Å². The molecule has 2 heterocycles. The molecule has 0 amide bonds. The van der Waals surface area contributed by atoms with Gasteiger partial charge >= 0.3 is 0 Å². The Morgan fingerprint density at radius 1 is 1.24 bits per heavy atom. The van der Waals surface area contributed by atoms with Crippen LogP contribution in [0.1, 0.15) is 27.7 Å². The van der Waals surface area contributed by atoms with Crippen LogP contribution in [-0.4, -0.2) is 60.4 Å². The molecule has 0 aliphatic carbocycles. The minimum absolute atomic E-state index is 0.204. The van der Waals surface area contributed by atoms with Gasteiger partial charge in [-0.05, 0) is 27.7 Å². The van der Waals surface area contributed by atoms with Crippen LogP contribution in [-0.2, 0) is 4.74 Å². The fourth-order valence-electron chi connectivity index (χ4n) is 2.38. The maximum atomic E-state index is 5.59. The molecule has 2 rings (SSSR count). The van der Waals surface area contributed by atoms with Gasteiger partial charge in [0.2, 0.25) is 17.8 Å². The monoisotopic (exact) mass is 294 g/mol. The number of anilines is 3. The molecule has 0 aromatic carbocycles. The predicted octanol–water partition coefficient (Wildman–Crippen LogP) is 1.37. The molecule has 21 heavy (non-hydrogen) atoms. The zero-order valence-electron chi connectivity index (χ0n) is 13.5. The van der Waals surface area contributed by atoms with Crippen LogP contribution in [0.5, 0.6) is 0 Å². The molecule has 1 aromatic heterocycles. The molecule has 1 aromatic rings. The van der Waals surface area contributed by atoms with E-state index in [4.69, 9.17) is 4.74 Å². The average molecular weight is 294 g/mol. The number of hydrogen-bond donors (Lipinski definition) is 1. The number of hydrogen-bond acceptors (Lipinski definition) is 7. The van der Waals surface area contributed by atoms with Gasteiger partial charge in [0.05, 0.1) is 12.7 Å². The second-order valence-electron chi connectivity index (χ2n) is 5.09. The van der Waals surface area contributed by atoms with Gasteiger partial charge in [-0.2, -0.15) is 15.0 Å². The molecule has 1 unspecified atom stereocenters. The first-order valence-corrected chi connectivity index (χ1v) is 7.79. The van der Waals surface area contributed by atoms with Crippen molar-refractivity contribution < 1.29 is 4.74 Å². The third-order valence-corrected chi connectivity index (χ3v) is 3.52. The highest BCUT2D eigenvalue weighted by molar-refractivity contribution is 5.45. The standard InChI is InChI=1S/C14H26N6O/c1-5-15-12-16-13(19(6-2)7-3)18-14(17-12)20-8-9-21-11(4)10-20/h11H,5-10H2,1-4H3,(H,15,16,17,18). The van der Waals surface area contributed by atoms with E-state index in [2.05, 4.69) is 50.8 Å². The van der Waals surface area contributed by atoms with Crippen LogP contribution in [0.2, 0.25) is 0 Å². The van der Waals surface area contributed by atoms with Gasteiger partial charge in [0.15, 0.2) is 0 Å². The highest BCUT2D eigenvalue weighted by Crippen LogP contribution is 2.18. The number of morpholine rings is 1. The van der Waals surface area contributed by atoms with Crippen LogP contribution in [0.4, 0.5) is 17.8 Å². The summed E-state index contributed by atoms with van der Waals surface area (Å²) in [5, 5.41) is 3.19. The third-order valence-electron chi connectivity index (χ3n) is 3.52. The van der Waals surface area contributed by atoms with Gasteiger partial charge in [0.1, 0.15) is 0 Å². The molecule has 1 atom stereocenters. The molecule has 1 N–H and O–H groups in total.